The first kappa shape index (κ1) is 14.0. The summed E-state index contributed by atoms with van der Waals surface area (Å²) in [6.45, 7) is 4.04. The summed E-state index contributed by atoms with van der Waals surface area (Å²) < 4.78 is 0. The van der Waals surface area contributed by atoms with E-state index in [0.717, 1.165) is 47.6 Å². The molecule has 3 rings (SSSR count). The van der Waals surface area contributed by atoms with E-state index in [1.54, 1.807) is 11.8 Å². The van der Waals surface area contributed by atoms with Gasteiger partial charge in [0.1, 0.15) is 11.6 Å². The molecule has 0 saturated heterocycles. The summed E-state index contributed by atoms with van der Waals surface area (Å²) in [6, 6.07) is 2.02. The Morgan fingerprint density at radius 2 is 2.00 bits per heavy atom. The lowest BCUT2D eigenvalue weighted by atomic mass is 9.89. The smallest absolute Gasteiger partial charge is 0.191 e. The van der Waals surface area contributed by atoms with Gasteiger partial charge >= 0.3 is 0 Å². The average Bonchev–Trinajstić information content (AvgIpc) is 3.07. The van der Waals surface area contributed by atoms with Crippen LogP contribution in [0.4, 0.5) is 11.6 Å². The van der Waals surface area contributed by atoms with E-state index in [-0.39, 0.29) is 0 Å². The van der Waals surface area contributed by atoms with Gasteiger partial charge in [0.2, 0.25) is 0 Å². The van der Waals surface area contributed by atoms with Crippen LogP contribution < -0.4 is 10.6 Å². The van der Waals surface area contributed by atoms with Gasteiger partial charge in [-0.2, -0.15) is 0 Å². The summed E-state index contributed by atoms with van der Waals surface area (Å²) in [7, 11) is 0. The summed E-state index contributed by atoms with van der Waals surface area (Å²) in [5.74, 6) is 4.70. The van der Waals surface area contributed by atoms with Crippen molar-refractivity contribution in [2.75, 3.05) is 30.0 Å². The number of aromatic nitrogens is 2. The minimum absolute atomic E-state index is 0.832. The van der Waals surface area contributed by atoms with E-state index in [1.807, 2.05) is 12.3 Å². The first-order valence-electron chi connectivity index (χ1n) is 7.69. The normalized spacial score (nSPS) is 27.8. The summed E-state index contributed by atoms with van der Waals surface area (Å²) >= 11 is 1.59. The molecule has 2 N–H and O–H groups in total. The minimum Gasteiger partial charge on any atom is -0.370 e. The molecule has 2 fully saturated rings. The van der Waals surface area contributed by atoms with Gasteiger partial charge in [-0.05, 0) is 50.2 Å². The highest BCUT2D eigenvalue weighted by atomic mass is 32.2. The Hall–Kier alpha value is -0.970. The maximum atomic E-state index is 4.56. The predicted molar refractivity (Wildman–Crippen MR) is 85.4 cm³/mol. The largest absolute Gasteiger partial charge is 0.370 e. The maximum absolute atomic E-state index is 4.56. The van der Waals surface area contributed by atoms with Crippen molar-refractivity contribution in [1.82, 2.24) is 9.97 Å². The monoisotopic (exact) mass is 292 g/mol. The zero-order chi connectivity index (χ0) is 13.9. The van der Waals surface area contributed by atoms with E-state index in [9.17, 15) is 0 Å². The van der Waals surface area contributed by atoms with Gasteiger partial charge in [-0.15, -0.1) is 0 Å². The van der Waals surface area contributed by atoms with Crippen LogP contribution in [0, 0.1) is 17.8 Å². The predicted octanol–water partition coefficient (Wildman–Crippen LogP) is 3.48. The molecule has 110 valence electrons. The average molecular weight is 292 g/mol. The maximum Gasteiger partial charge on any atom is 0.191 e. The van der Waals surface area contributed by atoms with Crippen molar-refractivity contribution in [2.45, 2.75) is 37.8 Å². The molecule has 0 amide bonds. The van der Waals surface area contributed by atoms with E-state index < -0.39 is 0 Å². The van der Waals surface area contributed by atoms with E-state index in [1.165, 1.54) is 25.7 Å². The fraction of sp³-hybridized carbons (Fsp3) is 0.733. The molecule has 2 aliphatic rings. The summed E-state index contributed by atoms with van der Waals surface area (Å²) in [6.07, 6.45) is 7.81. The van der Waals surface area contributed by atoms with Crippen LogP contribution in [0.1, 0.15) is 32.6 Å². The van der Waals surface area contributed by atoms with Crippen molar-refractivity contribution in [1.29, 1.82) is 0 Å². The summed E-state index contributed by atoms with van der Waals surface area (Å²) in [5, 5.41) is 7.65. The molecule has 0 aliphatic heterocycles. The zero-order valence-electron chi connectivity index (χ0n) is 12.4. The van der Waals surface area contributed by atoms with Gasteiger partial charge in [-0.25, -0.2) is 9.97 Å². The van der Waals surface area contributed by atoms with Gasteiger partial charge in [-0.1, -0.05) is 18.2 Å². The van der Waals surface area contributed by atoms with Crippen LogP contribution in [0.15, 0.2) is 11.2 Å². The molecular weight excluding hydrogens is 268 g/mol. The second kappa shape index (κ2) is 6.20. The fourth-order valence-electron chi connectivity index (χ4n) is 3.74. The van der Waals surface area contributed by atoms with E-state index in [0.29, 0.717) is 0 Å². The van der Waals surface area contributed by atoms with E-state index >= 15 is 0 Å². The first-order chi connectivity index (χ1) is 9.78. The van der Waals surface area contributed by atoms with Crippen molar-refractivity contribution >= 4 is 23.4 Å². The number of nitrogens with one attached hydrogen (secondary N) is 2. The highest BCUT2D eigenvalue weighted by molar-refractivity contribution is 7.98. The van der Waals surface area contributed by atoms with Crippen LogP contribution >= 0.6 is 11.8 Å². The molecule has 3 atom stereocenters. The van der Waals surface area contributed by atoms with Crippen molar-refractivity contribution in [3.8, 4) is 0 Å². The van der Waals surface area contributed by atoms with Gasteiger partial charge < -0.3 is 10.6 Å². The number of rotatable bonds is 6. The number of hydrogen-bond acceptors (Lipinski definition) is 5. The van der Waals surface area contributed by atoms with Gasteiger partial charge in [0.15, 0.2) is 5.16 Å². The molecular formula is C15H24N4S. The van der Waals surface area contributed by atoms with Gasteiger partial charge in [-0.3, -0.25) is 0 Å². The molecule has 1 aromatic rings. The molecule has 2 saturated carbocycles. The number of fused-ring (bicyclic) bond motifs is 2. The van der Waals surface area contributed by atoms with Crippen molar-refractivity contribution in [3.63, 3.8) is 0 Å². The Labute approximate surface area is 125 Å². The Balaban J connectivity index is 1.62. The molecule has 0 aromatic carbocycles. The van der Waals surface area contributed by atoms with Gasteiger partial charge in [0.25, 0.3) is 0 Å². The van der Waals surface area contributed by atoms with E-state index in [4.69, 9.17) is 0 Å². The highest BCUT2D eigenvalue weighted by Gasteiger charge is 2.39. The molecule has 2 aliphatic carbocycles. The Morgan fingerprint density at radius 1 is 1.20 bits per heavy atom. The summed E-state index contributed by atoms with van der Waals surface area (Å²) in [5.41, 5.74) is 0. The van der Waals surface area contributed by atoms with Crippen LogP contribution in [0.25, 0.3) is 0 Å². The number of nitrogens with zero attached hydrogens (tertiary/aromatic N) is 2. The molecule has 3 unspecified atom stereocenters. The Morgan fingerprint density at radius 3 is 2.60 bits per heavy atom. The highest BCUT2D eigenvalue weighted by Crippen LogP contribution is 2.48. The zero-order valence-corrected chi connectivity index (χ0v) is 13.2. The number of anilines is 2. The molecule has 1 aromatic heterocycles. The van der Waals surface area contributed by atoms with Crippen LogP contribution in [0.3, 0.4) is 0 Å². The van der Waals surface area contributed by atoms with Crippen molar-refractivity contribution in [2.24, 2.45) is 17.8 Å². The molecule has 20 heavy (non-hydrogen) atoms. The second-order valence-corrected chi connectivity index (χ2v) is 6.74. The number of thioether (sulfide) groups is 1. The lowest BCUT2D eigenvalue weighted by molar-refractivity contribution is 0.348. The molecule has 5 heteroatoms. The van der Waals surface area contributed by atoms with Crippen LogP contribution in [0.5, 0.6) is 0 Å². The number of hydrogen-bond donors (Lipinski definition) is 2. The Kier molecular flexibility index (Phi) is 4.34. The minimum atomic E-state index is 0.832. The van der Waals surface area contributed by atoms with Crippen molar-refractivity contribution < 1.29 is 0 Å². The fourth-order valence-corrected chi connectivity index (χ4v) is 4.12. The molecule has 4 nitrogen and oxygen atoms in total. The topological polar surface area (TPSA) is 49.8 Å². The Bertz CT molecular complexity index is 465. The molecule has 2 bridgehead atoms. The van der Waals surface area contributed by atoms with Crippen LogP contribution in [0.2, 0.25) is 0 Å². The third kappa shape index (κ3) is 3.03. The van der Waals surface area contributed by atoms with Crippen LogP contribution in [-0.2, 0) is 0 Å². The molecule has 0 radical (unpaired) electrons. The van der Waals surface area contributed by atoms with Gasteiger partial charge in [0, 0.05) is 19.2 Å². The first-order valence-corrected chi connectivity index (χ1v) is 8.91. The quantitative estimate of drug-likeness (QED) is 0.621. The third-order valence-corrected chi connectivity index (χ3v) is 5.22. The second-order valence-electron chi connectivity index (χ2n) is 5.97. The van der Waals surface area contributed by atoms with Crippen molar-refractivity contribution in [3.05, 3.63) is 6.07 Å². The van der Waals surface area contributed by atoms with E-state index in [2.05, 4.69) is 27.5 Å². The SMILES string of the molecule is CCNc1cc(NCC2CC3CCC2C3)nc(SC)n1. The molecule has 1 heterocycles. The standard InChI is InChI=1S/C15H24N4S/c1-3-16-13-8-14(19-15(18-13)20-2)17-9-12-7-10-4-5-11(12)6-10/h8,10-12H,3-7,9H2,1-2H3,(H2,16,17,18,19). The van der Waals surface area contributed by atoms with Gasteiger partial charge in [0.05, 0.1) is 0 Å². The third-order valence-electron chi connectivity index (χ3n) is 4.68. The lowest BCUT2D eigenvalue weighted by Crippen LogP contribution is -2.20. The lowest BCUT2D eigenvalue weighted by Gasteiger charge is -2.22. The van der Waals surface area contributed by atoms with Crippen LogP contribution in [-0.4, -0.2) is 29.3 Å². The molecule has 0 spiro atoms. The summed E-state index contributed by atoms with van der Waals surface area (Å²) in [4.78, 5) is 9.02.